The van der Waals surface area contributed by atoms with E-state index in [1.807, 2.05) is 19.2 Å². The molecule has 130 valence electrons. The molecule has 0 radical (unpaired) electrons. The summed E-state index contributed by atoms with van der Waals surface area (Å²) in [5.74, 6) is -0.261. The standard InChI is InChI=1S/C18H19N3O2S2/c1-11-12(2)25-18(19-11)15(8-13-5-7-24-10-13)20-17(23)14-4-6-21(3)16(22)9-14/h4-7,9-10,15H,8H2,1-3H3,(H,20,23)/t15-/m0/s1. The molecule has 3 rings (SSSR count). The van der Waals surface area contributed by atoms with Crippen molar-refractivity contribution in [3.63, 3.8) is 0 Å². The second kappa shape index (κ2) is 7.33. The molecule has 3 aromatic rings. The van der Waals surface area contributed by atoms with Crippen LogP contribution in [-0.4, -0.2) is 15.5 Å². The number of carbonyl (C=O) groups is 1. The van der Waals surface area contributed by atoms with Crippen molar-refractivity contribution in [1.82, 2.24) is 14.9 Å². The summed E-state index contributed by atoms with van der Waals surface area (Å²) in [6.45, 7) is 4.00. The molecule has 1 N–H and O–H groups in total. The molecule has 0 saturated carbocycles. The molecule has 0 aromatic carbocycles. The Morgan fingerprint density at radius 3 is 2.76 bits per heavy atom. The van der Waals surface area contributed by atoms with Crippen molar-refractivity contribution in [1.29, 1.82) is 0 Å². The number of carbonyl (C=O) groups excluding carboxylic acids is 1. The summed E-state index contributed by atoms with van der Waals surface area (Å²) in [6.07, 6.45) is 2.27. The fraction of sp³-hybridized carbons (Fsp3) is 0.278. The molecule has 0 spiro atoms. The van der Waals surface area contributed by atoms with Crippen molar-refractivity contribution in [3.05, 3.63) is 72.2 Å². The average Bonchev–Trinajstić information content (AvgIpc) is 3.19. The lowest BCUT2D eigenvalue weighted by atomic mass is 10.1. The van der Waals surface area contributed by atoms with Crippen LogP contribution < -0.4 is 10.9 Å². The molecule has 7 heteroatoms. The van der Waals surface area contributed by atoms with Gasteiger partial charge >= 0.3 is 0 Å². The molecule has 1 amide bonds. The molecule has 5 nitrogen and oxygen atoms in total. The van der Waals surface area contributed by atoms with Crippen molar-refractivity contribution in [2.45, 2.75) is 26.3 Å². The van der Waals surface area contributed by atoms with Crippen LogP contribution in [0.5, 0.6) is 0 Å². The Labute approximate surface area is 154 Å². The normalized spacial score (nSPS) is 12.1. The number of aromatic nitrogens is 2. The predicted octanol–water partition coefficient (Wildman–Crippen LogP) is 3.23. The molecule has 3 aromatic heterocycles. The largest absolute Gasteiger partial charge is 0.342 e. The van der Waals surface area contributed by atoms with E-state index in [4.69, 9.17) is 0 Å². The minimum Gasteiger partial charge on any atom is -0.342 e. The molecule has 0 fully saturated rings. The van der Waals surface area contributed by atoms with Crippen molar-refractivity contribution in [3.8, 4) is 0 Å². The Morgan fingerprint density at radius 2 is 2.16 bits per heavy atom. The summed E-state index contributed by atoms with van der Waals surface area (Å²) in [5.41, 5.74) is 2.30. The van der Waals surface area contributed by atoms with Crippen molar-refractivity contribution < 1.29 is 4.79 Å². The molecule has 0 saturated heterocycles. The van der Waals surface area contributed by atoms with Crippen LogP contribution in [0, 0.1) is 13.8 Å². The van der Waals surface area contributed by atoms with Gasteiger partial charge < -0.3 is 9.88 Å². The first-order valence-corrected chi connectivity index (χ1v) is 9.62. The van der Waals surface area contributed by atoms with Gasteiger partial charge in [0.15, 0.2) is 0 Å². The lowest BCUT2D eigenvalue weighted by Crippen LogP contribution is -2.31. The number of nitrogens with zero attached hydrogens (tertiary/aromatic N) is 2. The van der Waals surface area contributed by atoms with Crippen LogP contribution in [-0.2, 0) is 13.5 Å². The zero-order valence-corrected chi connectivity index (χ0v) is 15.9. The molecule has 25 heavy (non-hydrogen) atoms. The molecular formula is C18H19N3O2S2. The fourth-order valence-corrected chi connectivity index (χ4v) is 4.08. The molecular weight excluding hydrogens is 354 g/mol. The smallest absolute Gasteiger partial charge is 0.252 e. The Bertz CT molecular complexity index is 922. The number of hydrogen-bond donors (Lipinski definition) is 1. The zero-order chi connectivity index (χ0) is 18.0. The van der Waals surface area contributed by atoms with Crippen LogP contribution in [0.1, 0.15) is 37.5 Å². The van der Waals surface area contributed by atoms with Crippen molar-refractivity contribution >= 4 is 28.6 Å². The molecule has 0 bridgehead atoms. The molecule has 0 aliphatic heterocycles. The van der Waals surface area contributed by atoms with Crippen LogP contribution in [0.15, 0.2) is 40.0 Å². The first-order chi connectivity index (χ1) is 11.9. The van der Waals surface area contributed by atoms with Gasteiger partial charge in [-0.25, -0.2) is 4.98 Å². The first-order valence-electron chi connectivity index (χ1n) is 7.86. The number of thiazole rings is 1. The van der Waals surface area contributed by atoms with Crippen LogP contribution >= 0.6 is 22.7 Å². The monoisotopic (exact) mass is 373 g/mol. The predicted molar refractivity (Wildman–Crippen MR) is 102 cm³/mol. The van der Waals surface area contributed by atoms with Crippen molar-refractivity contribution in [2.75, 3.05) is 0 Å². The third kappa shape index (κ3) is 4.05. The average molecular weight is 374 g/mol. The number of rotatable bonds is 5. The highest BCUT2D eigenvalue weighted by Gasteiger charge is 2.21. The van der Waals surface area contributed by atoms with E-state index in [9.17, 15) is 9.59 Å². The topological polar surface area (TPSA) is 64.0 Å². The van der Waals surface area contributed by atoms with Gasteiger partial charge in [-0.3, -0.25) is 9.59 Å². The summed E-state index contributed by atoms with van der Waals surface area (Å²) in [7, 11) is 1.66. The van der Waals surface area contributed by atoms with Gasteiger partial charge in [0, 0.05) is 36.2 Å². The molecule has 3 heterocycles. The van der Waals surface area contributed by atoms with E-state index in [-0.39, 0.29) is 17.5 Å². The number of thiophene rings is 1. The Hall–Kier alpha value is -2.25. The molecule has 0 unspecified atom stereocenters. The maximum Gasteiger partial charge on any atom is 0.252 e. The quantitative estimate of drug-likeness (QED) is 0.747. The van der Waals surface area contributed by atoms with E-state index in [1.165, 1.54) is 10.6 Å². The summed E-state index contributed by atoms with van der Waals surface area (Å²) < 4.78 is 1.44. The second-order valence-electron chi connectivity index (χ2n) is 5.92. The van der Waals surface area contributed by atoms with Gasteiger partial charge in [-0.05, 0) is 42.3 Å². The molecule has 1 atom stereocenters. The van der Waals surface area contributed by atoms with E-state index in [0.29, 0.717) is 12.0 Å². The van der Waals surface area contributed by atoms with Crippen LogP contribution in [0.2, 0.25) is 0 Å². The SMILES string of the molecule is Cc1nc([C@H](Cc2ccsc2)NC(=O)c2ccn(C)c(=O)c2)sc1C. The van der Waals surface area contributed by atoms with Crippen LogP contribution in [0.25, 0.3) is 0 Å². The Morgan fingerprint density at radius 1 is 1.36 bits per heavy atom. The third-order valence-electron chi connectivity index (χ3n) is 4.03. The van der Waals surface area contributed by atoms with Gasteiger partial charge in [0.2, 0.25) is 0 Å². The number of nitrogens with one attached hydrogen (secondary N) is 1. The van der Waals surface area contributed by atoms with Gasteiger partial charge in [0.1, 0.15) is 5.01 Å². The van der Waals surface area contributed by atoms with Crippen LogP contribution in [0.4, 0.5) is 0 Å². The van der Waals surface area contributed by atoms with Gasteiger partial charge in [-0.15, -0.1) is 11.3 Å². The van der Waals surface area contributed by atoms with E-state index in [2.05, 4.69) is 21.7 Å². The van der Waals surface area contributed by atoms with E-state index in [1.54, 1.807) is 42.0 Å². The van der Waals surface area contributed by atoms with Crippen LogP contribution in [0.3, 0.4) is 0 Å². The number of amides is 1. The number of hydrogen-bond acceptors (Lipinski definition) is 5. The molecule has 0 aliphatic rings. The lowest BCUT2D eigenvalue weighted by molar-refractivity contribution is 0.0936. The van der Waals surface area contributed by atoms with Gasteiger partial charge in [0.05, 0.1) is 11.7 Å². The summed E-state index contributed by atoms with van der Waals surface area (Å²) >= 11 is 3.23. The van der Waals surface area contributed by atoms with Gasteiger partial charge in [-0.1, -0.05) is 0 Å². The highest BCUT2D eigenvalue weighted by atomic mass is 32.1. The maximum absolute atomic E-state index is 12.6. The molecule has 0 aliphatic carbocycles. The minimum absolute atomic E-state index is 0.206. The third-order valence-corrected chi connectivity index (χ3v) is 5.95. The second-order valence-corrected chi connectivity index (χ2v) is 7.93. The van der Waals surface area contributed by atoms with E-state index in [0.717, 1.165) is 21.1 Å². The van der Waals surface area contributed by atoms with Gasteiger partial charge in [0.25, 0.3) is 11.5 Å². The minimum atomic E-state index is -0.261. The van der Waals surface area contributed by atoms with Gasteiger partial charge in [-0.2, -0.15) is 11.3 Å². The Balaban J connectivity index is 1.87. The number of aryl methyl sites for hydroxylation is 3. The summed E-state index contributed by atoms with van der Waals surface area (Å²) in [6, 6.07) is 4.84. The maximum atomic E-state index is 12.6. The van der Waals surface area contributed by atoms with E-state index < -0.39 is 0 Å². The summed E-state index contributed by atoms with van der Waals surface area (Å²) in [4.78, 5) is 30.2. The highest BCUT2D eigenvalue weighted by Crippen LogP contribution is 2.26. The van der Waals surface area contributed by atoms with Crippen molar-refractivity contribution in [2.24, 2.45) is 7.05 Å². The Kier molecular flexibility index (Phi) is 5.15. The fourth-order valence-electron chi connectivity index (χ4n) is 2.42. The number of pyridine rings is 1. The summed E-state index contributed by atoms with van der Waals surface area (Å²) in [5, 5.41) is 8.02. The highest BCUT2D eigenvalue weighted by molar-refractivity contribution is 7.11. The first kappa shape index (κ1) is 17.6. The lowest BCUT2D eigenvalue weighted by Gasteiger charge is -2.16. The zero-order valence-electron chi connectivity index (χ0n) is 14.3. The van der Waals surface area contributed by atoms with E-state index >= 15 is 0 Å².